The van der Waals surface area contributed by atoms with E-state index in [1.165, 1.54) is 11.0 Å². The van der Waals surface area contributed by atoms with Gasteiger partial charge in [0, 0.05) is 0 Å². The van der Waals surface area contributed by atoms with Gasteiger partial charge in [-0.05, 0) is 58.2 Å². The van der Waals surface area contributed by atoms with E-state index in [0.29, 0.717) is 0 Å². The van der Waals surface area contributed by atoms with Gasteiger partial charge in [0.2, 0.25) is 0 Å². The first-order valence-corrected chi connectivity index (χ1v) is 9.86. The molecule has 0 aromatic carbocycles. The second-order valence-corrected chi connectivity index (χ2v) is 14.3. The minimum Gasteiger partial charge on any atom is -2.00 e. The van der Waals surface area contributed by atoms with Gasteiger partial charge in [0.15, 0.2) is 0 Å². The summed E-state index contributed by atoms with van der Waals surface area (Å²) in [5.74, 6) is 0. The molecule has 0 aromatic rings. The molecule has 0 aliphatic rings. The van der Waals surface area contributed by atoms with E-state index in [9.17, 15) is 0 Å². The summed E-state index contributed by atoms with van der Waals surface area (Å²) in [6, 6.07) is 0. The third-order valence-corrected chi connectivity index (χ3v) is 10.8. The SMILES string of the molecule is Cl.S=P(=S)SP(=S)=S.[Li+].[Li+].[Li+].[S-2]. The Morgan fingerprint density at radius 3 is 0.917 bits per heavy atom. The van der Waals surface area contributed by atoms with E-state index in [-0.39, 0.29) is 82.5 Å². The molecule has 0 unspecified atom stereocenters. The maximum absolute atomic E-state index is 4.68. The second-order valence-electron chi connectivity index (χ2n) is 0.529. The molecular weight excluding hydrogens is 311 g/mol. The first kappa shape index (κ1) is 36.0. The molecule has 0 aliphatic carbocycles. The smallest absolute Gasteiger partial charge is 1.00 e. The van der Waals surface area contributed by atoms with Crippen LogP contribution in [0.1, 0.15) is 0 Å². The van der Waals surface area contributed by atoms with E-state index in [0.717, 1.165) is 0 Å². The maximum Gasteiger partial charge on any atom is 1.00 e. The van der Waals surface area contributed by atoms with Gasteiger partial charge in [-0.2, -0.15) is 0 Å². The van der Waals surface area contributed by atoms with Crippen LogP contribution in [0.3, 0.4) is 0 Å². The molecule has 0 N–H and O–H groups in total. The summed E-state index contributed by atoms with van der Waals surface area (Å²) >= 11 is 20.1. The molecule has 12 heavy (non-hydrogen) atoms. The van der Waals surface area contributed by atoms with Crippen LogP contribution in [-0.4, -0.2) is 0 Å². The van der Waals surface area contributed by atoms with Gasteiger partial charge in [0.1, 0.15) is 0 Å². The molecule has 0 spiro atoms. The summed E-state index contributed by atoms with van der Waals surface area (Å²) in [7, 11) is 0. The van der Waals surface area contributed by atoms with E-state index in [2.05, 4.69) is 47.2 Å². The zero-order valence-corrected chi connectivity index (χ0v) is 14.3. The van der Waals surface area contributed by atoms with Gasteiger partial charge in [0.25, 0.3) is 0 Å². The largest absolute Gasteiger partial charge is 2.00 e. The van der Waals surface area contributed by atoms with E-state index < -0.39 is 9.35 Å². The van der Waals surface area contributed by atoms with Crippen LogP contribution in [0.5, 0.6) is 0 Å². The first-order chi connectivity index (χ1) is 3.13. The summed E-state index contributed by atoms with van der Waals surface area (Å²) in [6.07, 6.45) is 0. The normalized spacial score (nSPS) is 4.67. The molecule has 0 fully saturated rings. The summed E-state index contributed by atoms with van der Waals surface area (Å²) in [6.45, 7) is 0. The number of hydrogen-bond donors (Lipinski definition) is 0. The fourth-order valence-corrected chi connectivity index (χ4v) is 13.2. The van der Waals surface area contributed by atoms with E-state index in [1.54, 1.807) is 0 Å². The van der Waals surface area contributed by atoms with Crippen LogP contribution in [0.2, 0.25) is 0 Å². The van der Waals surface area contributed by atoms with Gasteiger partial charge in [-0.25, -0.2) is 0 Å². The molecule has 0 saturated heterocycles. The fourth-order valence-electron chi connectivity index (χ4n) is 0.0544. The molecule has 0 aliphatic heterocycles. The second kappa shape index (κ2) is 24.5. The Balaban J connectivity index is -0.0000000180. The van der Waals surface area contributed by atoms with E-state index in [1.807, 2.05) is 0 Å². The Kier molecular flexibility index (Phi) is 73.4. The van der Waals surface area contributed by atoms with E-state index >= 15 is 0 Å². The van der Waals surface area contributed by atoms with Crippen LogP contribution in [0.25, 0.3) is 0 Å². The van der Waals surface area contributed by atoms with Gasteiger partial charge < -0.3 is 13.5 Å². The van der Waals surface area contributed by atoms with Gasteiger partial charge >= 0.3 is 56.6 Å². The summed E-state index contributed by atoms with van der Waals surface area (Å²) in [5, 5.41) is 0. The molecule has 0 atom stereocenters. The Hall–Kier alpha value is 4.26. The van der Waals surface area contributed by atoms with E-state index in [4.69, 9.17) is 0 Å². The Labute approximate surface area is 147 Å². The molecule has 0 nitrogen and oxygen atoms in total. The monoisotopic (exact) mass is 311 g/mol. The van der Waals surface area contributed by atoms with Crippen molar-refractivity contribution >= 4 is 93.5 Å². The van der Waals surface area contributed by atoms with Gasteiger partial charge in [-0.3, -0.25) is 0 Å². The van der Waals surface area contributed by atoms with Gasteiger partial charge in [-0.15, -0.1) is 12.4 Å². The topological polar surface area (TPSA) is 0 Å². The molecule has 0 rings (SSSR count). The third kappa shape index (κ3) is 36.7. The third-order valence-electron chi connectivity index (χ3n) is 0.133. The number of rotatable bonds is 2. The zero-order chi connectivity index (χ0) is 5.86. The predicted octanol–water partition coefficient (Wildman–Crippen LogP) is -6.21. The molecule has 0 aromatic heterocycles. The number of halogens is 1. The van der Waals surface area contributed by atoms with Crippen molar-refractivity contribution in [3.05, 3.63) is 0 Å². The molecule has 0 bridgehead atoms. The molecular formula is HClLi3P2S6+. The van der Waals surface area contributed by atoms with Crippen LogP contribution in [0.15, 0.2) is 0 Å². The molecule has 0 heterocycles. The van der Waals surface area contributed by atoms with Crippen molar-refractivity contribution in [3.8, 4) is 0 Å². The molecule has 12 heteroatoms. The average Bonchev–Trinajstić information content (AvgIpc) is 1.27. The standard InChI is InChI=1S/ClH.3Li.P2S5.S/c;;;;3-1(4)7-2(5)6;/h1H;;;;;/q;3*+1;;-2. The van der Waals surface area contributed by atoms with Crippen LogP contribution < -0.4 is 56.6 Å². The molecule has 0 radical (unpaired) electrons. The van der Waals surface area contributed by atoms with Gasteiger partial charge in [-0.1, -0.05) is 0 Å². The fraction of sp³-hybridized carbons (Fsp3) is 0. The van der Waals surface area contributed by atoms with Crippen LogP contribution in [0, 0.1) is 0 Å². The number of hydrogen-bond acceptors (Lipinski definition) is 5. The van der Waals surface area contributed by atoms with Crippen molar-refractivity contribution < 1.29 is 56.6 Å². The molecule has 0 amide bonds. The summed E-state index contributed by atoms with van der Waals surface area (Å²) in [5.41, 5.74) is 0. The van der Waals surface area contributed by atoms with Crippen LogP contribution in [0.4, 0.5) is 0 Å². The predicted molar refractivity (Wildman–Crippen MR) is 65.5 cm³/mol. The van der Waals surface area contributed by atoms with Crippen molar-refractivity contribution in [2.45, 2.75) is 0 Å². The quantitative estimate of drug-likeness (QED) is 0.367. The molecule has 0 saturated carbocycles. The minimum atomic E-state index is -0.736. The van der Waals surface area contributed by atoms with Crippen molar-refractivity contribution in [1.29, 1.82) is 0 Å². The first-order valence-electron chi connectivity index (χ1n) is 1.10. The Morgan fingerprint density at radius 2 is 0.917 bits per heavy atom. The van der Waals surface area contributed by atoms with Crippen LogP contribution >= 0.6 is 32.8 Å². The zero-order valence-electron chi connectivity index (χ0n) is 6.75. The Bertz CT molecular complexity index is 149. The minimum absolute atomic E-state index is 0. The van der Waals surface area contributed by atoms with Crippen molar-refractivity contribution in [2.75, 3.05) is 0 Å². The summed E-state index contributed by atoms with van der Waals surface area (Å²) in [4.78, 5) is 0. The average molecular weight is 312 g/mol. The van der Waals surface area contributed by atoms with Crippen molar-refractivity contribution in [2.24, 2.45) is 0 Å². The van der Waals surface area contributed by atoms with Crippen molar-refractivity contribution in [1.82, 2.24) is 0 Å². The summed E-state index contributed by atoms with van der Waals surface area (Å²) < 4.78 is -1.47. The molecule has 56 valence electrons. The van der Waals surface area contributed by atoms with Crippen LogP contribution in [-0.2, 0) is 60.7 Å². The van der Waals surface area contributed by atoms with Crippen molar-refractivity contribution in [3.63, 3.8) is 0 Å². The Morgan fingerprint density at radius 1 is 0.750 bits per heavy atom. The maximum atomic E-state index is 4.68. The van der Waals surface area contributed by atoms with Gasteiger partial charge in [0.05, 0.1) is 9.35 Å².